The predicted molar refractivity (Wildman–Crippen MR) is 88.1 cm³/mol. The molecule has 28 heavy (non-hydrogen) atoms. The second-order valence-electron chi connectivity index (χ2n) is 6.16. The average Bonchev–Trinajstić information content (AvgIpc) is 2.51. The largest absolute Gasteiger partial charge is 0.508 e. The van der Waals surface area contributed by atoms with Crippen molar-refractivity contribution < 1.29 is 41.4 Å². The third-order valence-corrected chi connectivity index (χ3v) is 4.22. The van der Waals surface area contributed by atoms with Crippen molar-refractivity contribution in [2.45, 2.75) is 31.6 Å². The van der Waals surface area contributed by atoms with E-state index in [0.717, 1.165) is 19.9 Å². The van der Waals surface area contributed by atoms with Crippen LogP contribution in [-0.4, -0.2) is 28.5 Å². The highest BCUT2D eigenvalue weighted by Crippen LogP contribution is 2.57. The number of carbonyl (C=O) groups is 1. The van der Waals surface area contributed by atoms with Gasteiger partial charge in [0.1, 0.15) is 11.5 Å². The van der Waals surface area contributed by atoms with Crippen LogP contribution in [0.3, 0.4) is 0 Å². The number of aryl methyl sites for hydroxylation is 1. The molecule has 1 amide bonds. The van der Waals surface area contributed by atoms with E-state index in [2.05, 4.69) is 0 Å². The molecule has 2 aromatic carbocycles. The lowest BCUT2D eigenvalue weighted by Crippen LogP contribution is -2.54. The molecule has 0 aromatic heterocycles. The topological polar surface area (TPSA) is 69.6 Å². The Morgan fingerprint density at radius 3 is 1.75 bits per heavy atom. The molecule has 2 aromatic rings. The van der Waals surface area contributed by atoms with Crippen molar-refractivity contribution >= 4 is 11.6 Å². The number of alkyl halides is 6. The normalized spacial score (nSPS) is 12.7. The summed E-state index contributed by atoms with van der Waals surface area (Å²) in [5.41, 5.74) is -7.66. The van der Waals surface area contributed by atoms with Crippen LogP contribution in [0.1, 0.15) is 23.6 Å². The second-order valence-corrected chi connectivity index (χ2v) is 6.16. The van der Waals surface area contributed by atoms with Crippen molar-refractivity contribution in [2.24, 2.45) is 0 Å². The average molecular weight is 407 g/mol. The summed E-state index contributed by atoms with van der Waals surface area (Å²) in [7, 11) is 0. The SMILES string of the molecule is CC(=O)Nc1cc(C(c2ccc(O)c(C)c2)(C(F)(F)F)C(F)(F)F)ccc1O. The van der Waals surface area contributed by atoms with Crippen LogP contribution in [0.15, 0.2) is 36.4 Å². The number of halogens is 6. The van der Waals surface area contributed by atoms with E-state index >= 15 is 0 Å². The third-order valence-electron chi connectivity index (χ3n) is 4.22. The summed E-state index contributed by atoms with van der Waals surface area (Å²) in [5, 5.41) is 21.2. The zero-order valence-corrected chi connectivity index (χ0v) is 14.5. The smallest absolute Gasteiger partial charge is 0.411 e. The number of aromatic hydroxyl groups is 2. The van der Waals surface area contributed by atoms with Crippen molar-refractivity contribution in [3.63, 3.8) is 0 Å². The van der Waals surface area contributed by atoms with E-state index < -0.39 is 52.0 Å². The number of hydrogen-bond acceptors (Lipinski definition) is 3. The van der Waals surface area contributed by atoms with Gasteiger partial charge in [0.15, 0.2) is 0 Å². The van der Waals surface area contributed by atoms with Gasteiger partial charge in [-0.2, -0.15) is 26.3 Å². The molecule has 0 bridgehead atoms. The summed E-state index contributed by atoms with van der Waals surface area (Å²) in [6.45, 7) is 2.14. The summed E-state index contributed by atoms with van der Waals surface area (Å²) >= 11 is 0. The second kappa shape index (κ2) is 6.92. The summed E-state index contributed by atoms with van der Waals surface area (Å²) in [6.07, 6.45) is -11.7. The molecule has 0 aliphatic carbocycles. The van der Waals surface area contributed by atoms with Crippen molar-refractivity contribution in [3.05, 3.63) is 53.1 Å². The fraction of sp³-hybridized carbons (Fsp3) is 0.278. The van der Waals surface area contributed by atoms with Gasteiger partial charge in [-0.3, -0.25) is 4.79 Å². The van der Waals surface area contributed by atoms with Crippen LogP contribution in [0, 0.1) is 6.92 Å². The zero-order chi connectivity index (χ0) is 21.5. The first-order valence-electron chi connectivity index (χ1n) is 7.76. The van der Waals surface area contributed by atoms with Gasteiger partial charge >= 0.3 is 12.4 Å². The Balaban J connectivity index is 2.93. The quantitative estimate of drug-likeness (QED) is 0.507. The highest BCUT2D eigenvalue weighted by Gasteiger charge is 2.72. The van der Waals surface area contributed by atoms with Gasteiger partial charge in [0.25, 0.3) is 0 Å². The number of phenolic OH excluding ortho intramolecular Hbond substituents is 2. The summed E-state index contributed by atoms with van der Waals surface area (Å²) in [6, 6.07) is 3.44. The fourth-order valence-corrected chi connectivity index (χ4v) is 2.93. The number of rotatable bonds is 3. The number of nitrogens with one attached hydrogen (secondary N) is 1. The summed E-state index contributed by atoms with van der Waals surface area (Å²) < 4.78 is 84.2. The van der Waals surface area contributed by atoms with Gasteiger partial charge in [0, 0.05) is 6.92 Å². The van der Waals surface area contributed by atoms with E-state index in [4.69, 9.17) is 0 Å². The molecule has 0 spiro atoms. The molecule has 0 aliphatic rings. The van der Waals surface area contributed by atoms with Crippen LogP contribution < -0.4 is 5.32 Å². The Morgan fingerprint density at radius 1 is 0.857 bits per heavy atom. The first-order valence-corrected chi connectivity index (χ1v) is 7.76. The van der Waals surface area contributed by atoms with E-state index in [0.29, 0.717) is 30.3 Å². The van der Waals surface area contributed by atoms with Gasteiger partial charge in [0.05, 0.1) is 5.69 Å². The molecular formula is C18H15F6NO3. The van der Waals surface area contributed by atoms with E-state index in [1.807, 2.05) is 5.32 Å². The van der Waals surface area contributed by atoms with E-state index in [1.165, 1.54) is 0 Å². The van der Waals surface area contributed by atoms with Gasteiger partial charge in [0.2, 0.25) is 11.3 Å². The minimum Gasteiger partial charge on any atom is -0.508 e. The fourth-order valence-electron chi connectivity index (χ4n) is 2.93. The monoisotopic (exact) mass is 407 g/mol. The van der Waals surface area contributed by atoms with Crippen LogP contribution in [0.25, 0.3) is 0 Å². The lowest BCUT2D eigenvalue weighted by molar-refractivity contribution is -0.288. The first kappa shape index (κ1) is 21.4. The Labute approximate surface area is 155 Å². The maximum Gasteiger partial charge on any atom is 0.411 e. The maximum absolute atomic E-state index is 14.0. The van der Waals surface area contributed by atoms with Gasteiger partial charge in [-0.05, 0) is 41.8 Å². The van der Waals surface area contributed by atoms with Crippen LogP contribution in [0.4, 0.5) is 32.0 Å². The van der Waals surface area contributed by atoms with E-state index in [1.54, 1.807) is 0 Å². The zero-order valence-electron chi connectivity index (χ0n) is 14.5. The number of carbonyl (C=O) groups excluding carboxylic acids is 1. The minimum absolute atomic E-state index is 0.184. The molecule has 2 rings (SSSR count). The van der Waals surface area contributed by atoms with Gasteiger partial charge in [-0.25, -0.2) is 0 Å². The van der Waals surface area contributed by atoms with Crippen LogP contribution in [-0.2, 0) is 10.2 Å². The number of benzene rings is 2. The summed E-state index contributed by atoms with van der Waals surface area (Å²) in [5.74, 6) is -1.96. The molecule has 0 aliphatic heterocycles. The number of phenols is 2. The number of hydrogen-bond donors (Lipinski definition) is 3. The molecule has 0 saturated carbocycles. The highest BCUT2D eigenvalue weighted by molar-refractivity contribution is 5.90. The van der Waals surface area contributed by atoms with Gasteiger partial charge in [-0.15, -0.1) is 0 Å². The van der Waals surface area contributed by atoms with Crippen molar-refractivity contribution in [1.29, 1.82) is 0 Å². The summed E-state index contributed by atoms with van der Waals surface area (Å²) in [4.78, 5) is 11.2. The number of amides is 1. The Kier molecular flexibility index (Phi) is 5.28. The lowest BCUT2D eigenvalue weighted by atomic mass is 9.72. The van der Waals surface area contributed by atoms with Crippen LogP contribution in [0.5, 0.6) is 11.5 Å². The molecule has 0 unspecified atom stereocenters. The molecule has 4 nitrogen and oxygen atoms in total. The molecule has 3 N–H and O–H groups in total. The third kappa shape index (κ3) is 3.46. The lowest BCUT2D eigenvalue weighted by Gasteiger charge is -2.38. The molecular weight excluding hydrogens is 392 g/mol. The van der Waals surface area contributed by atoms with Crippen molar-refractivity contribution in [2.75, 3.05) is 5.32 Å². The van der Waals surface area contributed by atoms with Gasteiger partial charge < -0.3 is 15.5 Å². The van der Waals surface area contributed by atoms with E-state index in [-0.39, 0.29) is 5.56 Å². The van der Waals surface area contributed by atoms with Gasteiger partial charge in [-0.1, -0.05) is 18.2 Å². The Morgan fingerprint density at radius 2 is 1.32 bits per heavy atom. The van der Waals surface area contributed by atoms with E-state index in [9.17, 15) is 41.4 Å². The van der Waals surface area contributed by atoms with Crippen molar-refractivity contribution in [3.8, 4) is 11.5 Å². The van der Waals surface area contributed by atoms with Crippen LogP contribution >= 0.6 is 0 Å². The maximum atomic E-state index is 14.0. The first-order chi connectivity index (χ1) is 12.7. The van der Waals surface area contributed by atoms with Crippen molar-refractivity contribution in [1.82, 2.24) is 0 Å². The highest BCUT2D eigenvalue weighted by atomic mass is 19.4. The van der Waals surface area contributed by atoms with Crippen LogP contribution in [0.2, 0.25) is 0 Å². The Bertz CT molecular complexity index is 891. The Hall–Kier alpha value is -2.91. The molecule has 10 heteroatoms. The standard InChI is InChI=1S/C18H15F6NO3/c1-9-7-11(3-5-14(9)27)16(17(19,20)21,18(22,23)24)12-4-6-15(28)13(8-12)25-10(2)26/h3-8,27-28H,1-2H3,(H,25,26). The predicted octanol–water partition coefficient (Wildman–Crippen LogP) is 4.78. The molecule has 0 radical (unpaired) electrons. The molecule has 0 fully saturated rings. The molecule has 0 heterocycles. The minimum atomic E-state index is -5.83. The number of anilines is 1. The molecule has 152 valence electrons. The molecule has 0 atom stereocenters. The molecule has 0 saturated heterocycles.